The zero-order chi connectivity index (χ0) is 16.9. The van der Waals surface area contributed by atoms with Gasteiger partial charge in [-0.15, -0.1) is 0 Å². The minimum Gasteiger partial charge on any atom is -0.494 e. The number of nitrogens with two attached hydrogens (primary N) is 1. The summed E-state index contributed by atoms with van der Waals surface area (Å²) in [4.78, 5) is 26.1. The van der Waals surface area contributed by atoms with Crippen molar-refractivity contribution in [2.75, 3.05) is 24.7 Å². The summed E-state index contributed by atoms with van der Waals surface area (Å²) in [6, 6.07) is 6.80. The molecule has 0 unspecified atom stereocenters. The van der Waals surface area contributed by atoms with Crippen molar-refractivity contribution < 1.29 is 24.4 Å². The molecule has 130 valence electrons. The monoisotopic (exact) mass is 333 g/mol. The van der Waals surface area contributed by atoms with Crippen molar-refractivity contribution in [2.45, 2.75) is 44.8 Å². The smallest absolute Gasteiger partial charge is 0.292 e. The highest BCUT2D eigenvalue weighted by Gasteiger charge is 2.42. The molecule has 6 heteroatoms. The van der Waals surface area contributed by atoms with Crippen molar-refractivity contribution in [3.63, 3.8) is 0 Å². The minimum absolute atomic E-state index is 0.139. The molecule has 2 fully saturated rings. The van der Waals surface area contributed by atoms with Crippen LogP contribution in [0, 0.1) is 0 Å². The highest BCUT2D eigenvalue weighted by atomic mass is 16.5. The van der Waals surface area contributed by atoms with E-state index in [4.69, 9.17) is 9.47 Å². The predicted molar refractivity (Wildman–Crippen MR) is 88.9 cm³/mol. The summed E-state index contributed by atoms with van der Waals surface area (Å²) in [6.45, 7) is 4.24. The SMILES string of the molecule is CCCOc1ccc(N2C(=O)C[C@@H]([NH2+]C[C@H]3CCCO3)C2=O)cc1. The lowest BCUT2D eigenvalue weighted by atomic mass is 10.2. The van der Waals surface area contributed by atoms with Crippen molar-refractivity contribution >= 4 is 17.5 Å². The molecule has 0 radical (unpaired) electrons. The molecule has 3 rings (SSSR count). The molecule has 0 bridgehead atoms. The molecule has 2 atom stereocenters. The second-order valence-corrected chi connectivity index (χ2v) is 6.33. The van der Waals surface area contributed by atoms with Crippen molar-refractivity contribution in [3.8, 4) is 5.75 Å². The van der Waals surface area contributed by atoms with Gasteiger partial charge in [0, 0.05) is 6.61 Å². The van der Waals surface area contributed by atoms with Crippen LogP contribution >= 0.6 is 0 Å². The third-order valence-electron chi connectivity index (χ3n) is 4.46. The largest absolute Gasteiger partial charge is 0.494 e. The zero-order valence-electron chi connectivity index (χ0n) is 14.1. The van der Waals surface area contributed by atoms with Crippen LogP contribution in [-0.2, 0) is 14.3 Å². The highest BCUT2D eigenvalue weighted by Crippen LogP contribution is 2.24. The maximum atomic E-state index is 12.6. The topological polar surface area (TPSA) is 72.4 Å². The van der Waals surface area contributed by atoms with E-state index in [2.05, 4.69) is 0 Å². The third kappa shape index (κ3) is 3.76. The van der Waals surface area contributed by atoms with E-state index < -0.39 is 0 Å². The van der Waals surface area contributed by atoms with Crippen molar-refractivity contribution in [1.82, 2.24) is 0 Å². The van der Waals surface area contributed by atoms with Gasteiger partial charge in [-0.25, -0.2) is 4.90 Å². The van der Waals surface area contributed by atoms with Gasteiger partial charge >= 0.3 is 0 Å². The molecule has 6 nitrogen and oxygen atoms in total. The van der Waals surface area contributed by atoms with Gasteiger partial charge in [0.1, 0.15) is 18.4 Å². The fourth-order valence-electron chi connectivity index (χ4n) is 3.17. The van der Waals surface area contributed by atoms with Crippen LogP contribution in [0.15, 0.2) is 24.3 Å². The first-order valence-corrected chi connectivity index (χ1v) is 8.73. The van der Waals surface area contributed by atoms with E-state index in [1.807, 2.05) is 12.2 Å². The Kier molecular flexibility index (Phi) is 5.48. The average molecular weight is 333 g/mol. The number of imide groups is 1. The maximum Gasteiger partial charge on any atom is 0.292 e. The quantitative estimate of drug-likeness (QED) is 0.751. The van der Waals surface area contributed by atoms with E-state index in [9.17, 15) is 9.59 Å². The summed E-state index contributed by atoms with van der Waals surface area (Å²) in [5, 5.41) is 1.95. The molecule has 1 aromatic rings. The number of carbonyl (C=O) groups excluding carboxylic acids is 2. The molecule has 2 saturated heterocycles. The Morgan fingerprint density at radius 3 is 2.75 bits per heavy atom. The lowest BCUT2D eigenvalue weighted by Crippen LogP contribution is -2.93. The Morgan fingerprint density at radius 2 is 2.08 bits per heavy atom. The summed E-state index contributed by atoms with van der Waals surface area (Å²) in [6.07, 6.45) is 3.51. The predicted octanol–water partition coefficient (Wildman–Crippen LogP) is 0.850. The first kappa shape index (κ1) is 16.9. The van der Waals surface area contributed by atoms with Gasteiger partial charge in [-0.2, -0.15) is 0 Å². The molecule has 0 saturated carbocycles. The van der Waals surface area contributed by atoms with Gasteiger partial charge in [0.2, 0.25) is 5.91 Å². The fourth-order valence-corrected chi connectivity index (χ4v) is 3.17. The summed E-state index contributed by atoms with van der Waals surface area (Å²) in [5.74, 6) is 0.470. The van der Waals surface area contributed by atoms with Crippen LogP contribution in [0.4, 0.5) is 5.69 Å². The van der Waals surface area contributed by atoms with E-state index in [0.717, 1.165) is 38.2 Å². The molecule has 24 heavy (non-hydrogen) atoms. The van der Waals surface area contributed by atoms with Crippen LogP contribution < -0.4 is 15.0 Å². The number of hydrogen-bond acceptors (Lipinski definition) is 4. The Balaban J connectivity index is 1.60. The summed E-state index contributed by atoms with van der Waals surface area (Å²) < 4.78 is 11.1. The number of carbonyl (C=O) groups is 2. The number of anilines is 1. The molecule has 2 heterocycles. The first-order valence-electron chi connectivity index (χ1n) is 8.73. The fraction of sp³-hybridized carbons (Fsp3) is 0.556. The van der Waals surface area contributed by atoms with Crippen LogP contribution in [0.25, 0.3) is 0 Å². The maximum absolute atomic E-state index is 12.6. The van der Waals surface area contributed by atoms with Gasteiger partial charge in [0.15, 0.2) is 6.04 Å². The summed E-state index contributed by atoms with van der Waals surface area (Å²) in [7, 11) is 0. The molecular weight excluding hydrogens is 308 g/mol. The lowest BCUT2D eigenvalue weighted by Gasteiger charge is -2.15. The Morgan fingerprint density at radius 1 is 1.29 bits per heavy atom. The van der Waals surface area contributed by atoms with E-state index in [-0.39, 0.29) is 30.4 Å². The van der Waals surface area contributed by atoms with Crippen LogP contribution in [-0.4, -0.2) is 43.7 Å². The second kappa shape index (κ2) is 7.77. The molecule has 2 aliphatic rings. The molecule has 1 aromatic carbocycles. The number of amides is 2. The summed E-state index contributed by atoms with van der Waals surface area (Å²) in [5.41, 5.74) is 0.613. The Bertz CT molecular complexity index is 581. The number of rotatable bonds is 7. The number of hydrogen-bond donors (Lipinski definition) is 1. The number of nitrogens with zero attached hydrogens (tertiary/aromatic N) is 1. The van der Waals surface area contributed by atoms with Gasteiger partial charge in [0.25, 0.3) is 5.91 Å². The van der Waals surface area contributed by atoms with Crippen LogP contribution in [0.3, 0.4) is 0 Å². The van der Waals surface area contributed by atoms with Gasteiger partial charge in [-0.3, -0.25) is 9.59 Å². The van der Waals surface area contributed by atoms with Crippen molar-refractivity contribution in [1.29, 1.82) is 0 Å². The van der Waals surface area contributed by atoms with E-state index in [0.29, 0.717) is 12.3 Å². The van der Waals surface area contributed by atoms with Crippen molar-refractivity contribution in [3.05, 3.63) is 24.3 Å². The van der Waals surface area contributed by atoms with E-state index >= 15 is 0 Å². The Labute approximate surface area is 142 Å². The molecule has 2 N–H and O–H groups in total. The van der Waals surface area contributed by atoms with Crippen LogP contribution in [0.2, 0.25) is 0 Å². The average Bonchev–Trinajstić information content (AvgIpc) is 3.20. The number of quaternary nitrogens is 1. The van der Waals surface area contributed by atoms with E-state index in [1.165, 1.54) is 4.90 Å². The standard InChI is InChI=1S/C18H24N2O4/c1-2-9-23-14-7-5-13(6-8-14)20-17(21)11-16(18(20)22)19-12-15-4-3-10-24-15/h5-8,15-16,19H,2-4,9-12H2,1H3/p+1/t15-,16-/m1/s1. The normalized spacial score (nSPS) is 24.0. The molecule has 2 aliphatic heterocycles. The van der Waals surface area contributed by atoms with Gasteiger partial charge in [0.05, 0.1) is 18.7 Å². The van der Waals surface area contributed by atoms with Gasteiger partial charge in [-0.05, 0) is 43.5 Å². The zero-order valence-corrected chi connectivity index (χ0v) is 14.1. The van der Waals surface area contributed by atoms with E-state index in [1.54, 1.807) is 24.3 Å². The van der Waals surface area contributed by atoms with Gasteiger partial charge in [-0.1, -0.05) is 6.92 Å². The highest BCUT2D eigenvalue weighted by molar-refractivity contribution is 6.21. The molecule has 0 aromatic heterocycles. The Hall–Kier alpha value is -1.92. The minimum atomic E-state index is -0.335. The second-order valence-electron chi connectivity index (χ2n) is 6.33. The van der Waals surface area contributed by atoms with Crippen LogP contribution in [0.1, 0.15) is 32.6 Å². The first-order chi connectivity index (χ1) is 11.7. The molecule has 0 aliphatic carbocycles. The molecule has 0 spiro atoms. The third-order valence-corrected chi connectivity index (χ3v) is 4.46. The lowest BCUT2D eigenvalue weighted by molar-refractivity contribution is -0.680. The van der Waals surface area contributed by atoms with Crippen LogP contribution in [0.5, 0.6) is 5.75 Å². The molecular formula is C18H25N2O4+. The molecule has 2 amide bonds. The number of ether oxygens (including phenoxy) is 2. The van der Waals surface area contributed by atoms with Gasteiger partial charge < -0.3 is 14.8 Å². The number of benzene rings is 1. The van der Waals surface area contributed by atoms with Crippen molar-refractivity contribution in [2.24, 2.45) is 0 Å². The summed E-state index contributed by atoms with van der Waals surface area (Å²) >= 11 is 0.